The maximum atomic E-state index is 13.2. The van der Waals surface area contributed by atoms with Crippen molar-refractivity contribution in [2.24, 2.45) is 0 Å². The Labute approximate surface area is 387 Å². The third-order valence-electron chi connectivity index (χ3n) is 9.11. The van der Waals surface area contributed by atoms with E-state index in [2.05, 4.69) is 34.6 Å². The molecule has 0 unspecified atom stereocenters. The fourth-order valence-corrected chi connectivity index (χ4v) is 8.98. The third-order valence-corrected chi connectivity index (χ3v) is 11.9. The van der Waals surface area contributed by atoms with Gasteiger partial charge in [0.2, 0.25) is 0 Å². The lowest BCUT2D eigenvalue weighted by Gasteiger charge is -2.19. The smallest absolute Gasteiger partial charge is 0.338 e. The number of amides is 1. The molecule has 1 aromatic heterocycles. The number of methoxy groups -OCH3 is 3. The van der Waals surface area contributed by atoms with Crippen LogP contribution >= 0.6 is 18.9 Å². The van der Waals surface area contributed by atoms with Gasteiger partial charge in [-0.05, 0) is 76.9 Å². The van der Waals surface area contributed by atoms with Crippen LogP contribution in [0.3, 0.4) is 0 Å². The van der Waals surface area contributed by atoms with E-state index in [1.807, 2.05) is 64.1 Å². The summed E-state index contributed by atoms with van der Waals surface area (Å²) in [7, 11) is 1.27. The molecule has 352 valence electrons. The molecule has 65 heavy (non-hydrogen) atoms. The van der Waals surface area contributed by atoms with Gasteiger partial charge in [0, 0.05) is 50.1 Å². The van der Waals surface area contributed by atoms with E-state index in [4.69, 9.17) is 42.2 Å². The van der Waals surface area contributed by atoms with E-state index in [9.17, 15) is 14.2 Å². The molecular weight excluding hydrogens is 872 g/mol. The van der Waals surface area contributed by atoms with E-state index in [0.29, 0.717) is 64.6 Å². The number of benzene rings is 4. The lowest BCUT2D eigenvalue weighted by atomic mass is 10.1. The summed E-state index contributed by atoms with van der Waals surface area (Å²) in [5.74, 6) is 1.30. The number of esters is 1. The van der Waals surface area contributed by atoms with E-state index >= 15 is 0 Å². The molecule has 0 bridgehead atoms. The Balaban J connectivity index is 0.000000309. The van der Waals surface area contributed by atoms with Crippen LogP contribution in [0.4, 0.5) is 5.13 Å². The Morgan fingerprint density at radius 2 is 1.06 bits per heavy atom. The molecule has 14 nitrogen and oxygen atoms in total. The normalized spacial score (nSPS) is 13.0. The van der Waals surface area contributed by atoms with E-state index in [0.717, 1.165) is 12.0 Å². The average molecular weight is 935 g/mol. The van der Waals surface area contributed by atoms with Crippen molar-refractivity contribution in [2.75, 3.05) is 53.1 Å². The third kappa shape index (κ3) is 18.6. The van der Waals surface area contributed by atoms with Crippen LogP contribution in [0.1, 0.15) is 79.1 Å². The summed E-state index contributed by atoms with van der Waals surface area (Å²) < 4.78 is 62.6. The molecule has 4 atom stereocenters. The quantitative estimate of drug-likeness (QED) is 0.0436. The second kappa shape index (κ2) is 27.3. The van der Waals surface area contributed by atoms with Crippen LogP contribution in [-0.2, 0) is 46.8 Å². The zero-order chi connectivity index (χ0) is 47.2. The number of carbonyl (C=O) groups excluding carboxylic acids is 2. The largest absolute Gasteiger partial charge is 0.490 e. The minimum Gasteiger partial charge on any atom is -0.490 e. The van der Waals surface area contributed by atoms with Gasteiger partial charge in [-0.25, -0.2) is 9.78 Å². The molecule has 5 rings (SSSR count). The fraction of sp³-hybridized carbons (Fsp3) is 0.408. The van der Waals surface area contributed by atoms with Gasteiger partial charge >= 0.3 is 13.6 Å². The minimum atomic E-state index is -3.30. The number of thiazole rings is 1. The number of hydrogen-bond donors (Lipinski definition) is 1. The highest BCUT2D eigenvalue weighted by atomic mass is 32.1. The van der Waals surface area contributed by atoms with Gasteiger partial charge < -0.3 is 42.2 Å². The van der Waals surface area contributed by atoms with Gasteiger partial charge in [-0.2, -0.15) is 0 Å². The molecule has 1 heterocycles. The molecule has 0 aliphatic rings. The second-order valence-corrected chi connectivity index (χ2v) is 18.0. The van der Waals surface area contributed by atoms with Gasteiger partial charge in [0.15, 0.2) is 5.13 Å². The summed E-state index contributed by atoms with van der Waals surface area (Å²) in [5.41, 5.74) is 3.60. The van der Waals surface area contributed by atoms with Crippen LogP contribution in [0.5, 0.6) is 23.0 Å². The van der Waals surface area contributed by atoms with Crippen molar-refractivity contribution >= 4 is 35.9 Å². The summed E-state index contributed by atoms with van der Waals surface area (Å²) in [6, 6.07) is 30.4. The first-order valence-electron chi connectivity index (χ1n) is 21.5. The van der Waals surface area contributed by atoms with Gasteiger partial charge in [0.05, 0.1) is 63.2 Å². The molecule has 0 aliphatic heterocycles. The highest BCUT2D eigenvalue weighted by Crippen LogP contribution is 2.51. The Hall–Kier alpha value is -5.28. The molecule has 0 spiro atoms. The number of hydrogen-bond acceptors (Lipinski definition) is 14. The van der Waals surface area contributed by atoms with Crippen LogP contribution in [0.25, 0.3) is 0 Å². The summed E-state index contributed by atoms with van der Waals surface area (Å²) >= 11 is 1.23. The maximum Gasteiger partial charge on any atom is 0.338 e. The summed E-state index contributed by atoms with van der Waals surface area (Å²) in [5, 5.41) is 4.91. The van der Waals surface area contributed by atoms with Crippen molar-refractivity contribution in [1.29, 1.82) is 0 Å². The summed E-state index contributed by atoms with van der Waals surface area (Å²) in [4.78, 5) is 29.6. The number of carbonyl (C=O) groups is 2. The van der Waals surface area contributed by atoms with E-state index in [1.54, 1.807) is 69.8 Å². The van der Waals surface area contributed by atoms with Crippen molar-refractivity contribution < 1.29 is 56.4 Å². The van der Waals surface area contributed by atoms with Crippen LogP contribution in [0, 0.1) is 0 Å². The first-order chi connectivity index (χ1) is 31.2. The molecule has 0 fully saturated rings. The van der Waals surface area contributed by atoms with Gasteiger partial charge in [0.25, 0.3) is 5.91 Å². The van der Waals surface area contributed by atoms with Crippen molar-refractivity contribution in [3.05, 3.63) is 130 Å². The average Bonchev–Trinajstić information content (AvgIpc) is 3.69. The second-order valence-electron chi connectivity index (χ2n) is 15.1. The molecule has 4 aromatic carbocycles. The molecule has 5 aromatic rings. The highest BCUT2D eigenvalue weighted by Gasteiger charge is 2.26. The Kier molecular flexibility index (Phi) is 21.9. The maximum absolute atomic E-state index is 13.2. The minimum absolute atomic E-state index is 0.0268. The van der Waals surface area contributed by atoms with Gasteiger partial charge in [-0.3, -0.25) is 14.7 Å². The number of nitrogens with zero attached hydrogens (tertiary/aromatic N) is 1. The zero-order valence-electron chi connectivity index (χ0n) is 38.8. The summed E-state index contributed by atoms with van der Waals surface area (Å²) in [6.45, 7) is 12.6. The van der Waals surface area contributed by atoms with E-state index in [-0.39, 0.29) is 49.7 Å². The van der Waals surface area contributed by atoms with Crippen molar-refractivity contribution in [2.45, 2.75) is 85.0 Å². The highest BCUT2D eigenvalue weighted by molar-refractivity contribution is 7.53. The Bertz CT molecular complexity index is 2230. The van der Waals surface area contributed by atoms with Gasteiger partial charge in [-0.1, -0.05) is 60.7 Å². The Morgan fingerprint density at radius 3 is 1.48 bits per heavy atom. The first-order valence-corrected chi connectivity index (χ1v) is 24.1. The molecule has 0 saturated heterocycles. The van der Waals surface area contributed by atoms with Gasteiger partial charge in [0.1, 0.15) is 35.2 Å². The monoisotopic (exact) mass is 934 g/mol. The van der Waals surface area contributed by atoms with Gasteiger partial charge in [-0.15, -0.1) is 11.3 Å². The van der Waals surface area contributed by atoms with Crippen molar-refractivity contribution in [3.63, 3.8) is 0 Å². The standard InChI is InChI=1S/C28H37N2O7PS.C21H26O5/c1-6-34-38(32,35-7-2)18-24-19-39-28(29-24)30-27(31)23-14-25(16-26(15-23)37-21(4)17-33-5)36-20(3)13-22-11-9-8-10-12-22;1-15(10-17-8-6-5-7-9-17)25-19-11-18(21(22)24-4)12-20(13-19)26-16(2)14-23-3/h8-12,14-16,19-21H,6-7,13,17-18H2,1-5H3,(H,29,30,31);5-9,11-13,15-16H,10,14H2,1-4H3/t20-,21+;15-,16+/m11/s1. The molecular formula is C49H63N2O12PS. The predicted octanol–water partition coefficient (Wildman–Crippen LogP) is 10.5. The van der Waals surface area contributed by atoms with E-state index in [1.165, 1.54) is 24.0 Å². The SMILES string of the molecule is CCOP(=O)(Cc1csc(NC(=O)c2cc(O[C@H](C)Cc3ccccc3)cc(O[C@@H](C)COC)c2)n1)OCC.COC[C@H](C)Oc1cc(O[C@H](C)Cc2ccccc2)cc(C(=O)OC)c1. The summed E-state index contributed by atoms with van der Waals surface area (Å²) in [6.07, 6.45) is 0.928. The number of nitrogens with one attached hydrogen (secondary N) is 1. The zero-order valence-corrected chi connectivity index (χ0v) is 40.5. The van der Waals surface area contributed by atoms with Crippen LogP contribution in [-0.4, -0.2) is 89.0 Å². The van der Waals surface area contributed by atoms with Crippen molar-refractivity contribution in [1.82, 2.24) is 4.98 Å². The topological polar surface area (TPSA) is 159 Å². The molecule has 0 aliphatic carbocycles. The molecule has 0 saturated carbocycles. The molecule has 16 heteroatoms. The fourth-order valence-electron chi connectivity index (χ4n) is 6.55. The first kappa shape index (κ1) is 52.3. The number of rotatable bonds is 25. The Morgan fingerprint density at radius 1 is 0.631 bits per heavy atom. The number of anilines is 1. The number of aromatic nitrogens is 1. The molecule has 0 radical (unpaired) electrons. The van der Waals surface area contributed by atoms with Crippen LogP contribution < -0.4 is 24.3 Å². The van der Waals surface area contributed by atoms with Crippen LogP contribution in [0.15, 0.2) is 102 Å². The lowest BCUT2D eigenvalue weighted by molar-refractivity contribution is 0.0597. The van der Waals surface area contributed by atoms with Crippen molar-refractivity contribution in [3.8, 4) is 23.0 Å². The lowest BCUT2D eigenvalue weighted by Crippen LogP contribution is -2.19. The number of ether oxygens (including phenoxy) is 7. The van der Waals surface area contributed by atoms with Crippen LogP contribution in [0.2, 0.25) is 0 Å². The molecule has 1 amide bonds. The van der Waals surface area contributed by atoms with E-state index < -0.39 is 13.6 Å². The predicted molar refractivity (Wildman–Crippen MR) is 253 cm³/mol. The molecule has 1 N–H and O–H groups in total.